The van der Waals surface area contributed by atoms with E-state index in [0.29, 0.717) is 5.92 Å². The molecule has 1 N–H and O–H groups in total. The van der Waals surface area contributed by atoms with Crippen molar-refractivity contribution in [1.82, 2.24) is 4.90 Å². The average Bonchev–Trinajstić information content (AvgIpc) is 2.53. The Balaban J connectivity index is 1.75. The van der Waals surface area contributed by atoms with Crippen LogP contribution in [0.25, 0.3) is 0 Å². The van der Waals surface area contributed by atoms with Gasteiger partial charge in [-0.05, 0) is 37.3 Å². The fourth-order valence-electron chi connectivity index (χ4n) is 2.62. The van der Waals surface area contributed by atoms with Crippen LogP contribution >= 0.6 is 0 Å². The van der Waals surface area contributed by atoms with Gasteiger partial charge in [-0.25, -0.2) is 0 Å². The standard InChI is InChI=1S/C16H23NO3/c1-2-15(18)13-8-10-17(11-9-13)16(19)12-20-14-6-4-3-5-7-14/h3-7,13,15,18H,2,8-12H2,1H3. The van der Waals surface area contributed by atoms with Crippen molar-refractivity contribution in [2.45, 2.75) is 32.3 Å². The van der Waals surface area contributed by atoms with Crippen molar-refractivity contribution in [3.05, 3.63) is 30.3 Å². The highest BCUT2D eigenvalue weighted by Crippen LogP contribution is 2.22. The molecular weight excluding hydrogens is 254 g/mol. The molecule has 20 heavy (non-hydrogen) atoms. The third kappa shape index (κ3) is 3.97. The number of ether oxygens (including phenoxy) is 1. The SMILES string of the molecule is CCC(O)C1CCN(C(=O)COc2ccccc2)CC1. The number of aliphatic hydroxyl groups excluding tert-OH is 1. The molecule has 0 spiro atoms. The summed E-state index contributed by atoms with van der Waals surface area (Å²) in [5.41, 5.74) is 0. The van der Waals surface area contributed by atoms with Crippen LogP contribution in [0.1, 0.15) is 26.2 Å². The molecule has 1 aliphatic heterocycles. The first-order valence-corrected chi connectivity index (χ1v) is 7.34. The van der Waals surface area contributed by atoms with Crippen molar-refractivity contribution in [2.75, 3.05) is 19.7 Å². The maximum Gasteiger partial charge on any atom is 0.260 e. The molecule has 1 fully saturated rings. The summed E-state index contributed by atoms with van der Waals surface area (Å²) in [4.78, 5) is 13.9. The van der Waals surface area contributed by atoms with Crippen LogP contribution in [0.5, 0.6) is 5.75 Å². The average molecular weight is 277 g/mol. The van der Waals surface area contributed by atoms with E-state index in [-0.39, 0.29) is 18.6 Å². The van der Waals surface area contributed by atoms with Crippen molar-refractivity contribution in [3.8, 4) is 5.75 Å². The van der Waals surface area contributed by atoms with E-state index in [2.05, 4.69) is 0 Å². The first-order valence-electron chi connectivity index (χ1n) is 7.34. The third-order valence-electron chi connectivity index (χ3n) is 3.96. The predicted octanol–water partition coefficient (Wildman–Crippen LogP) is 2.07. The number of para-hydroxylation sites is 1. The van der Waals surface area contributed by atoms with Gasteiger partial charge in [-0.1, -0.05) is 25.1 Å². The van der Waals surface area contributed by atoms with Gasteiger partial charge in [0.1, 0.15) is 5.75 Å². The number of rotatable bonds is 5. The topological polar surface area (TPSA) is 49.8 Å². The van der Waals surface area contributed by atoms with Gasteiger partial charge in [0.15, 0.2) is 6.61 Å². The van der Waals surface area contributed by atoms with E-state index in [1.165, 1.54) is 0 Å². The lowest BCUT2D eigenvalue weighted by Gasteiger charge is -2.33. The summed E-state index contributed by atoms with van der Waals surface area (Å²) >= 11 is 0. The molecule has 4 nitrogen and oxygen atoms in total. The molecule has 1 unspecified atom stereocenters. The highest BCUT2D eigenvalue weighted by molar-refractivity contribution is 5.77. The summed E-state index contributed by atoms with van der Waals surface area (Å²) < 4.78 is 5.48. The second-order valence-electron chi connectivity index (χ2n) is 5.30. The summed E-state index contributed by atoms with van der Waals surface area (Å²) in [5, 5.41) is 9.83. The number of piperidine rings is 1. The van der Waals surface area contributed by atoms with E-state index >= 15 is 0 Å². The number of nitrogens with zero attached hydrogens (tertiary/aromatic N) is 1. The van der Waals surface area contributed by atoms with Gasteiger partial charge in [-0.3, -0.25) is 4.79 Å². The number of amides is 1. The highest BCUT2D eigenvalue weighted by atomic mass is 16.5. The van der Waals surface area contributed by atoms with Crippen LogP contribution in [-0.4, -0.2) is 41.7 Å². The Labute approximate surface area is 120 Å². The number of carbonyl (C=O) groups is 1. The number of carbonyl (C=O) groups excluding carboxylic acids is 1. The van der Waals surface area contributed by atoms with E-state index in [9.17, 15) is 9.90 Å². The Hall–Kier alpha value is -1.55. The van der Waals surface area contributed by atoms with Gasteiger partial charge in [0.05, 0.1) is 6.10 Å². The van der Waals surface area contributed by atoms with Gasteiger partial charge in [0.25, 0.3) is 5.91 Å². The van der Waals surface area contributed by atoms with Gasteiger partial charge < -0.3 is 14.7 Å². The van der Waals surface area contributed by atoms with E-state index in [4.69, 9.17) is 4.74 Å². The molecule has 1 aromatic rings. The molecule has 1 atom stereocenters. The Kier molecular flexibility index (Phi) is 5.41. The normalized spacial score (nSPS) is 17.8. The number of benzene rings is 1. The quantitative estimate of drug-likeness (QED) is 0.896. The fourth-order valence-corrected chi connectivity index (χ4v) is 2.62. The zero-order valence-electron chi connectivity index (χ0n) is 12.0. The first kappa shape index (κ1) is 14.9. The minimum absolute atomic E-state index is 0.0262. The van der Waals surface area contributed by atoms with E-state index in [0.717, 1.165) is 38.1 Å². The van der Waals surface area contributed by atoms with Gasteiger partial charge in [0.2, 0.25) is 0 Å². The van der Waals surface area contributed by atoms with Crippen LogP contribution in [0.3, 0.4) is 0 Å². The van der Waals surface area contributed by atoms with Crippen LogP contribution in [0, 0.1) is 5.92 Å². The molecule has 1 saturated heterocycles. The summed E-state index contributed by atoms with van der Waals surface area (Å²) in [7, 11) is 0. The minimum atomic E-state index is -0.229. The lowest BCUT2D eigenvalue weighted by Crippen LogP contribution is -2.43. The maximum atomic E-state index is 12.1. The van der Waals surface area contributed by atoms with Crippen LogP contribution in [0.4, 0.5) is 0 Å². The molecule has 0 saturated carbocycles. The van der Waals surface area contributed by atoms with Crippen LogP contribution < -0.4 is 4.74 Å². The zero-order valence-corrected chi connectivity index (χ0v) is 12.0. The molecule has 1 aliphatic rings. The maximum absolute atomic E-state index is 12.1. The van der Waals surface area contributed by atoms with Gasteiger partial charge in [-0.2, -0.15) is 0 Å². The fraction of sp³-hybridized carbons (Fsp3) is 0.562. The van der Waals surface area contributed by atoms with Crippen molar-refractivity contribution >= 4 is 5.91 Å². The van der Waals surface area contributed by atoms with E-state index in [1.807, 2.05) is 42.2 Å². The number of hydrogen-bond acceptors (Lipinski definition) is 3. The van der Waals surface area contributed by atoms with Crippen molar-refractivity contribution in [2.24, 2.45) is 5.92 Å². The minimum Gasteiger partial charge on any atom is -0.484 e. The molecule has 1 aromatic carbocycles. The van der Waals surface area contributed by atoms with Gasteiger partial charge >= 0.3 is 0 Å². The second kappa shape index (κ2) is 7.29. The molecular formula is C16H23NO3. The molecule has 0 bridgehead atoms. The largest absolute Gasteiger partial charge is 0.484 e. The van der Waals surface area contributed by atoms with Crippen LogP contribution in [0.2, 0.25) is 0 Å². The lowest BCUT2D eigenvalue weighted by molar-refractivity contribution is -0.135. The number of likely N-dealkylation sites (tertiary alicyclic amines) is 1. The molecule has 2 rings (SSSR count). The van der Waals surface area contributed by atoms with E-state index in [1.54, 1.807) is 0 Å². The molecule has 1 heterocycles. The van der Waals surface area contributed by atoms with E-state index < -0.39 is 0 Å². The second-order valence-corrected chi connectivity index (χ2v) is 5.30. The lowest BCUT2D eigenvalue weighted by atomic mass is 9.90. The number of hydrogen-bond donors (Lipinski definition) is 1. The molecule has 110 valence electrons. The molecule has 0 aliphatic carbocycles. The molecule has 1 amide bonds. The summed E-state index contributed by atoms with van der Waals surface area (Å²) in [6, 6.07) is 9.38. The smallest absolute Gasteiger partial charge is 0.260 e. The van der Waals surface area contributed by atoms with Gasteiger partial charge in [-0.15, -0.1) is 0 Å². The van der Waals surface area contributed by atoms with Gasteiger partial charge in [0, 0.05) is 13.1 Å². The van der Waals surface area contributed by atoms with Crippen molar-refractivity contribution in [3.63, 3.8) is 0 Å². The summed E-state index contributed by atoms with van der Waals surface area (Å²) in [5.74, 6) is 1.08. The van der Waals surface area contributed by atoms with Crippen molar-refractivity contribution in [1.29, 1.82) is 0 Å². The summed E-state index contributed by atoms with van der Waals surface area (Å²) in [6.45, 7) is 3.53. The predicted molar refractivity (Wildman–Crippen MR) is 77.5 cm³/mol. The third-order valence-corrected chi connectivity index (χ3v) is 3.96. The first-order chi connectivity index (χ1) is 9.70. The number of aliphatic hydroxyl groups is 1. The monoisotopic (exact) mass is 277 g/mol. The van der Waals surface area contributed by atoms with Crippen molar-refractivity contribution < 1.29 is 14.6 Å². The Bertz CT molecular complexity index is 413. The summed E-state index contributed by atoms with van der Waals surface area (Å²) in [6.07, 6.45) is 2.32. The Morgan fingerprint density at radius 3 is 2.60 bits per heavy atom. The zero-order chi connectivity index (χ0) is 14.4. The van der Waals surface area contributed by atoms with Crippen LogP contribution in [-0.2, 0) is 4.79 Å². The molecule has 0 aromatic heterocycles. The Morgan fingerprint density at radius 2 is 2.00 bits per heavy atom. The molecule has 0 radical (unpaired) electrons. The van der Waals surface area contributed by atoms with Crippen LogP contribution in [0.15, 0.2) is 30.3 Å². The molecule has 4 heteroatoms. The Morgan fingerprint density at radius 1 is 1.35 bits per heavy atom. The highest BCUT2D eigenvalue weighted by Gasteiger charge is 2.26.